The zero-order chi connectivity index (χ0) is 14.4. The molecule has 0 saturated carbocycles. The van der Waals surface area contributed by atoms with Crippen LogP contribution in [0, 0.1) is 11.8 Å². The summed E-state index contributed by atoms with van der Waals surface area (Å²) in [6.07, 6.45) is 3.82. The number of nitrogen functional groups attached to an aromatic ring is 2. The number of carbonyl (C=O) groups excluding carboxylic acids is 1. The summed E-state index contributed by atoms with van der Waals surface area (Å²) >= 11 is 6.15. The molecule has 1 amide bonds. The second-order valence-corrected chi connectivity index (χ2v) is 5.88. The van der Waals surface area contributed by atoms with Crippen molar-refractivity contribution in [3.05, 3.63) is 16.8 Å². The van der Waals surface area contributed by atoms with E-state index in [1.807, 2.05) is 0 Å². The molecule has 1 aromatic rings. The maximum atomic E-state index is 11.7. The number of nitrogens with two attached hydrogens (primary N) is 3. The van der Waals surface area contributed by atoms with E-state index in [1.165, 1.54) is 6.20 Å². The van der Waals surface area contributed by atoms with Gasteiger partial charge in [0.15, 0.2) is 0 Å². The molecule has 3 heterocycles. The molecule has 0 unspecified atom stereocenters. The monoisotopic (exact) mass is 296 g/mol. The normalized spacial score (nSPS) is 31.6. The largest absolute Gasteiger partial charge is 0.395 e. The SMILES string of the molecule is NC(=O)[C@@H]1[C@H](Cc2c(Cl)cnc(N)c2N)[C@H]2CC[C@@H]1O2. The van der Waals surface area contributed by atoms with Gasteiger partial charge >= 0.3 is 0 Å². The Kier molecular flexibility index (Phi) is 3.22. The van der Waals surface area contributed by atoms with Crippen LogP contribution in [0.4, 0.5) is 11.5 Å². The summed E-state index contributed by atoms with van der Waals surface area (Å²) in [5, 5.41) is 0.461. The Labute approximate surface area is 121 Å². The number of halogens is 1. The predicted molar refractivity (Wildman–Crippen MR) is 75.8 cm³/mol. The third kappa shape index (κ3) is 1.99. The van der Waals surface area contributed by atoms with Gasteiger partial charge in [-0.25, -0.2) is 4.98 Å². The average molecular weight is 297 g/mol. The number of amides is 1. The van der Waals surface area contributed by atoms with Crippen LogP contribution in [-0.2, 0) is 16.0 Å². The van der Waals surface area contributed by atoms with Crippen LogP contribution in [0.1, 0.15) is 18.4 Å². The van der Waals surface area contributed by atoms with Crippen molar-refractivity contribution < 1.29 is 9.53 Å². The number of primary amides is 1. The van der Waals surface area contributed by atoms with Crippen molar-refractivity contribution in [3.63, 3.8) is 0 Å². The maximum Gasteiger partial charge on any atom is 0.223 e. The van der Waals surface area contributed by atoms with Gasteiger partial charge in [-0.1, -0.05) is 11.6 Å². The van der Waals surface area contributed by atoms with Crippen molar-refractivity contribution in [2.75, 3.05) is 11.5 Å². The van der Waals surface area contributed by atoms with Crippen LogP contribution >= 0.6 is 11.6 Å². The van der Waals surface area contributed by atoms with Crippen molar-refractivity contribution in [1.82, 2.24) is 4.98 Å². The molecule has 2 aliphatic rings. The molecule has 0 aromatic carbocycles. The van der Waals surface area contributed by atoms with Crippen molar-refractivity contribution in [2.45, 2.75) is 31.5 Å². The van der Waals surface area contributed by atoms with E-state index in [0.29, 0.717) is 17.1 Å². The molecule has 7 heteroatoms. The highest BCUT2D eigenvalue weighted by Gasteiger charge is 2.51. The molecule has 20 heavy (non-hydrogen) atoms. The Hall–Kier alpha value is -1.53. The van der Waals surface area contributed by atoms with E-state index < -0.39 is 0 Å². The van der Waals surface area contributed by atoms with E-state index in [0.717, 1.165) is 18.4 Å². The van der Waals surface area contributed by atoms with E-state index in [2.05, 4.69) is 4.98 Å². The smallest absolute Gasteiger partial charge is 0.223 e. The van der Waals surface area contributed by atoms with Gasteiger partial charge < -0.3 is 21.9 Å². The molecule has 2 bridgehead atoms. The van der Waals surface area contributed by atoms with E-state index in [1.54, 1.807) is 0 Å². The number of hydrogen-bond acceptors (Lipinski definition) is 5. The van der Waals surface area contributed by atoms with Crippen molar-refractivity contribution in [3.8, 4) is 0 Å². The summed E-state index contributed by atoms with van der Waals surface area (Å²) in [5.41, 5.74) is 18.3. The minimum absolute atomic E-state index is 0.00727. The topological polar surface area (TPSA) is 117 Å². The lowest BCUT2D eigenvalue weighted by Crippen LogP contribution is -2.38. The van der Waals surface area contributed by atoms with Crippen molar-refractivity contribution >= 4 is 29.0 Å². The standard InChI is InChI=1S/C13H17ClN4O2/c14-7-4-18-12(16)11(15)5(7)3-6-8-1-2-9(20-8)10(6)13(17)19/h4,6,8-10H,1-3,15H2,(H2,16,18)(H2,17,19)/t6-,8-,9+,10-/m1/s1. The summed E-state index contributed by atoms with van der Waals surface area (Å²) in [7, 11) is 0. The predicted octanol–water partition coefficient (Wildman–Crippen LogP) is 0.721. The van der Waals surface area contributed by atoms with Gasteiger partial charge in [-0.3, -0.25) is 4.79 Å². The number of carbonyl (C=O) groups is 1. The highest BCUT2D eigenvalue weighted by Crippen LogP contribution is 2.46. The molecule has 6 N–H and O–H groups in total. The second-order valence-electron chi connectivity index (χ2n) is 5.47. The molecule has 0 spiro atoms. The molecular formula is C13H17ClN4O2. The number of hydrogen-bond donors (Lipinski definition) is 3. The van der Waals surface area contributed by atoms with Crippen molar-refractivity contribution in [1.29, 1.82) is 0 Å². The van der Waals surface area contributed by atoms with Crippen LogP contribution in [0.5, 0.6) is 0 Å². The Bertz CT molecular complexity index is 566. The summed E-state index contributed by atoms with van der Waals surface area (Å²) in [6, 6.07) is 0. The van der Waals surface area contributed by atoms with E-state index in [4.69, 9.17) is 33.5 Å². The molecular weight excluding hydrogens is 280 g/mol. The lowest BCUT2D eigenvalue weighted by atomic mass is 9.75. The van der Waals surface area contributed by atoms with Crippen LogP contribution in [0.15, 0.2) is 6.20 Å². The summed E-state index contributed by atoms with van der Waals surface area (Å²) in [4.78, 5) is 15.6. The van der Waals surface area contributed by atoms with Gasteiger partial charge in [-0.15, -0.1) is 0 Å². The Morgan fingerprint density at radius 2 is 2.10 bits per heavy atom. The first-order valence-corrected chi connectivity index (χ1v) is 7.00. The summed E-state index contributed by atoms with van der Waals surface area (Å²) in [6.45, 7) is 0. The highest BCUT2D eigenvalue weighted by molar-refractivity contribution is 6.31. The number of nitrogens with zero attached hydrogens (tertiary/aromatic N) is 1. The Morgan fingerprint density at radius 3 is 2.80 bits per heavy atom. The lowest BCUT2D eigenvalue weighted by molar-refractivity contribution is -0.124. The molecule has 0 aliphatic carbocycles. The van der Waals surface area contributed by atoms with Crippen LogP contribution in [0.25, 0.3) is 0 Å². The van der Waals surface area contributed by atoms with Gasteiger partial charge in [0.25, 0.3) is 0 Å². The molecule has 6 nitrogen and oxygen atoms in total. The minimum Gasteiger partial charge on any atom is -0.395 e. The number of aromatic nitrogens is 1. The van der Waals surface area contributed by atoms with Gasteiger partial charge in [0, 0.05) is 12.1 Å². The Morgan fingerprint density at radius 1 is 1.40 bits per heavy atom. The second kappa shape index (κ2) is 4.79. The van der Waals surface area contributed by atoms with Gasteiger partial charge in [-0.2, -0.15) is 0 Å². The first-order chi connectivity index (χ1) is 9.49. The van der Waals surface area contributed by atoms with E-state index >= 15 is 0 Å². The fourth-order valence-corrected chi connectivity index (χ4v) is 3.66. The summed E-state index contributed by atoms with van der Waals surface area (Å²) < 4.78 is 5.81. The lowest BCUT2D eigenvalue weighted by Gasteiger charge is -2.26. The molecule has 2 aliphatic heterocycles. The first kappa shape index (κ1) is 13.5. The zero-order valence-corrected chi connectivity index (χ0v) is 11.6. The Balaban J connectivity index is 1.91. The van der Waals surface area contributed by atoms with Crippen LogP contribution < -0.4 is 17.2 Å². The number of rotatable bonds is 3. The first-order valence-electron chi connectivity index (χ1n) is 6.62. The van der Waals surface area contributed by atoms with Crippen molar-refractivity contribution in [2.24, 2.45) is 17.6 Å². The quantitative estimate of drug-likeness (QED) is 0.759. The third-order valence-electron chi connectivity index (χ3n) is 4.40. The van der Waals surface area contributed by atoms with E-state index in [9.17, 15) is 4.79 Å². The third-order valence-corrected chi connectivity index (χ3v) is 4.73. The van der Waals surface area contributed by atoms with Gasteiger partial charge in [-0.05, 0) is 24.8 Å². The molecule has 2 saturated heterocycles. The average Bonchev–Trinajstić information content (AvgIpc) is 2.99. The fourth-order valence-electron chi connectivity index (χ4n) is 3.43. The molecule has 2 fully saturated rings. The molecule has 108 valence electrons. The van der Waals surface area contributed by atoms with Gasteiger partial charge in [0.05, 0.1) is 28.8 Å². The number of ether oxygens (including phenoxy) is 1. The number of anilines is 2. The minimum atomic E-state index is -0.320. The highest BCUT2D eigenvalue weighted by atomic mass is 35.5. The fraction of sp³-hybridized carbons (Fsp3) is 0.538. The molecule has 3 rings (SSSR count). The van der Waals surface area contributed by atoms with Crippen LogP contribution in [-0.4, -0.2) is 23.1 Å². The summed E-state index contributed by atoms with van der Waals surface area (Å²) in [5.74, 6) is -0.338. The maximum absolute atomic E-state index is 11.7. The van der Waals surface area contributed by atoms with Crippen LogP contribution in [0.2, 0.25) is 5.02 Å². The number of fused-ring (bicyclic) bond motifs is 2. The number of pyridine rings is 1. The molecule has 1 aromatic heterocycles. The van der Waals surface area contributed by atoms with Crippen LogP contribution in [0.3, 0.4) is 0 Å². The van der Waals surface area contributed by atoms with Gasteiger partial charge in [0.1, 0.15) is 5.82 Å². The molecule has 0 radical (unpaired) electrons. The van der Waals surface area contributed by atoms with Gasteiger partial charge in [0.2, 0.25) is 5.91 Å². The zero-order valence-electron chi connectivity index (χ0n) is 10.9. The van der Waals surface area contributed by atoms with E-state index in [-0.39, 0.29) is 35.8 Å². The molecule has 4 atom stereocenters.